The molecule has 0 N–H and O–H groups in total. The Labute approximate surface area is 283 Å². The third-order valence-corrected chi connectivity index (χ3v) is 9.95. The molecule has 1 aliphatic rings. The number of rotatable bonds is 4. The Morgan fingerprint density at radius 3 is 2.10 bits per heavy atom. The van der Waals surface area contributed by atoms with Crippen LogP contribution in [-0.4, -0.2) is 9.97 Å². The van der Waals surface area contributed by atoms with Gasteiger partial charge in [-0.3, -0.25) is 0 Å². The zero-order valence-electron chi connectivity index (χ0n) is 26.7. The molecular weight excluding hydrogens is 597 g/mol. The number of allylic oxidation sites excluding steroid dienone is 4. The van der Waals surface area contributed by atoms with Gasteiger partial charge in [-0.25, -0.2) is 9.97 Å². The molecule has 0 aliphatic heterocycles. The molecule has 0 unspecified atom stereocenters. The fourth-order valence-corrected chi connectivity index (χ4v) is 7.43. The lowest BCUT2D eigenvalue weighted by atomic mass is 9.94. The molecule has 2 aromatic heterocycles. The summed E-state index contributed by atoms with van der Waals surface area (Å²) in [5.74, 6) is 0.708. The Kier molecular flexibility index (Phi) is 6.31. The van der Waals surface area contributed by atoms with Crippen LogP contribution >= 0.6 is 0 Å². The number of hydrogen-bond donors (Lipinski definition) is 0. The molecule has 7 aromatic carbocycles. The molecule has 3 heteroatoms. The maximum atomic E-state index is 6.66. The molecule has 0 amide bonds. The van der Waals surface area contributed by atoms with Crippen molar-refractivity contribution in [1.29, 1.82) is 0 Å². The number of hydrogen-bond acceptors (Lipinski definition) is 3. The molecule has 3 nitrogen and oxygen atoms in total. The molecule has 10 rings (SSSR count). The molecule has 230 valence electrons. The standard InChI is InChI=1S/C46H30N2O/c1-2-10-29(11-3-1)35-24-25-37-41-28-40(36-14-6-7-15-38(36)45(41)49-43(37)27-35)44-39-16-8-9-17-42(39)47-46(48-44)32-21-18-31(19-22-32)34-23-20-30-12-4-5-13-33(30)26-34/h1-2,4-10,12-28H,3,11H2. The highest BCUT2D eigenvalue weighted by Gasteiger charge is 2.19. The molecular formula is C46H30N2O. The monoisotopic (exact) mass is 626 g/mol. The molecule has 49 heavy (non-hydrogen) atoms. The quantitative estimate of drug-likeness (QED) is 0.195. The average Bonchev–Trinajstić information content (AvgIpc) is 3.55. The first kappa shape index (κ1) is 27.8. The molecule has 9 aromatic rings. The van der Waals surface area contributed by atoms with Gasteiger partial charge in [0.05, 0.1) is 11.2 Å². The third-order valence-electron chi connectivity index (χ3n) is 9.95. The van der Waals surface area contributed by atoms with Crippen molar-refractivity contribution in [1.82, 2.24) is 9.97 Å². The predicted octanol–water partition coefficient (Wildman–Crippen LogP) is 12.6. The minimum atomic E-state index is 0.708. The van der Waals surface area contributed by atoms with Gasteiger partial charge in [0.15, 0.2) is 5.82 Å². The van der Waals surface area contributed by atoms with Crippen molar-refractivity contribution >= 4 is 60.0 Å². The van der Waals surface area contributed by atoms with Crippen molar-refractivity contribution in [3.05, 3.63) is 163 Å². The first-order valence-corrected chi connectivity index (χ1v) is 16.9. The van der Waals surface area contributed by atoms with Crippen molar-refractivity contribution in [2.24, 2.45) is 0 Å². The topological polar surface area (TPSA) is 38.9 Å². The Bertz CT molecular complexity index is 2820. The van der Waals surface area contributed by atoms with Crippen molar-refractivity contribution in [3.63, 3.8) is 0 Å². The minimum absolute atomic E-state index is 0.708. The maximum absolute atomic E-state index is 6.66. The summed E-state index contributed by atoms with van der Waals surface area (Å²) in [6.45, 7) is 0. The number of furan rings is 1. The van der Waals surface area contributed by atoms with E-state index in [2.05, 4.69) is 152 Å². The van der Waals surface area contributed by atoms with E-state index in [1.165, 1.54) is 27.5 Å². The summed E-state index contributed by atoms with van der Waals surface area (Å²) in [6.07, 6.45) is 8.71. The SMILES string of the molecule is C1=CCCC(c2ccc3c(c2)oc2c4ccccc4c(-c4nc(-c5ccc(-c6ccc7ccccc7c6)cc5)nc5ccccc45)cc32)=C1. The fourth-order valence-electron chi connectivity index (χ4n) is 7.43. The van der Waals surface area contributed by atoms with Crippen molar-refractivity contribution in [2.75, 3.05) is 0 Å². The number of nitrogens with zero attached hydrogens (tertiary/aromatic N) is 2. The van der Waals surface area contributed by atoms with Crippen LogP contribution in [0.15, 0.2) is 162 Å². The highest BCUT2D eigenvalue weighted by molar-refractivity contribution is 6.20. The van der Waals surface area contributed by atoms with Gasteiger partial charge in [0.1, 0.15) is 11.2 Å². The lowest BCUT2D eigenvalue weighted by Gasteiger charge is -2.13. The molecule has 0 fully saturated rings. The van der Waals surface area contributed by atoms with Gasteiger partial charge < -0.3 is 4.42 Å². The number of para-hydroxylation sites is 1. The number of fused-ring (bicyclic) bond motifs is 7. The summed E-state index contributed by atoms with van der Waals surface area (Å²) in [5.41, 5.74) is 10.6. The number of aromatic nitrogens is 2. The predicted molar refractivity (Wildman–Crippen MR) is 204 cm³/mol. The summed E-state index contributed by atoms with van der Waals surface area (Å²) in [4.78, 5) is 10.4. The van der Waals surface area contributed by atoms with Gasteiger partial charge in [0.25, 0.3) is 0 Å². The van der Waals surface area contributed by atoms with Crippen LogP contribution < -0.4 is 0 Å². The molecule has 0 spiro atoms. The number of benzene rings is 7. The van der Waals surface area contributed by atoms with Crippen LogP contribution in [0.2, 0.25) is 0 Å². The minimum Gasteiger partial charge on any atom is -0.455 e. The Morgan fingerprint density at radius 1 is 0.510 bits per heavy atom. The van der Waals surface area contributed by atoms with E-state index in [4.69, 9.17) is 14.4 Å². The Hall–Kier alpha value is -6.32. The molecule has 0 radical (unpaired) electrons. The van der Waals surface area contributed by atoms with Crippen molar-refractivity contribution in [2.45, 2.75) is 12.8 Å². The van der Waals surface area contributed by atoms with E-state index in [0.717, 1.165) is 78.8 Å². The second-order valence-corrected chi connectivity index (χ2v) is 12.9. The van der Waals surface area contributed by atoms with Crippen LogP contribution in [-0.2, 0) is 0 Å². The lowest BCUT2D eigenvalue weighted by Crippen LogP contribution is -1.96. The van der Waals surface area contributed by atoms with Crippen LogP contribution in [0.5, 0.6) is 0 Å². The van der Waals surface area contributed by atoms with Gasteiger partial charge in [-0.2, -0.15) is 0 Å². The van der Waals surface area contributed by atoms with E-state index in [1.54, 1.807) is 0 Å². The highest BCUT2D eigenvalue weighted by atomic mass is 16.3. The van der Waals surface area contributed by atoms with Gasteiger partial charge in [-0.1, -0.05) is 127 Å². The van der Waals surface area contributed by atoms with Gasteiger partial charge >= 0.3 is 0 Å². The summed E-state index contributed by atoms with van der Waals surface area (Å²) in [6, 6.07) is 49.5. The molecule has 0 saturated carbocycles. The van der Waals surface area contributed by atoms with E-state index < -0.39 is 0 Å². The summed E-state index contributed by atoms with van der Waals surface area (Å²) in [7, 11) is 0. The van der Waals surface area contributed by atoms with Gasteiger partial charge in [-0.15, -0.1) is 0 Å². The summed E-state index contributed by atoms with van der Waals surface area (Å²) in [5, 5.41) is 7.90. The van der Waals surface area contributed by atoms with Crippen LogP contribution in [0.25, 0.3) is 93.7 Å². The van der Waals surface area contributed by atoms with Gasteiger partial charge in [0.2, 0.25) is 0 Å². The second-order valence-electron chi connectivity index (χ2n) is 12.9. The maximum Gasteiger partial charge on any atom is 0.160 e. The summed E-state index contributed by atoms with van der Waals surface area (Å²) >= 11 is 0. The zero-order chi connectivity index (χ0) is 32.3. The van der Waals surface area contributed by atoms with E-state index in [9.17, 15) is 0 Å². The van der Waals surface area contributed by atoms with E-state index in [0.29, 0.717) is 5.82 Å². The van der Waals surface area contributed by atoms with Crippen LogP contribution in [0.3, 0.4) is 0 Å². The third kappa shape index (κ3) is 4.66. The smallest absolute Gasteiger partial charge is 0.160 e. The lowest BCUT2D eigenvalue weighted by molar-refractivity contribution is 0.672. The molecule has 0 saturated heterocycles. The van der Waals surface area contributed by atoms with Crippen LogP contribution in [0, 0.1) is 0 Å². The Morgan fingerprint density at radius 2 is 1.24 bits per heavy atom. The molecule has 0 bridgehead atoms. The van der Waals surface area contributed by atoms with Crippen molar-refractivity contribution < 1.29 is 4.42 Å². The van der Waals surface area contributed by atoms with E-state index in [1.807, 2.05) is 6.07 Å². The highest BCUT2D eigenvalue weighted by Crippen LogP contribution is 2.42. The normalized spacial score (nSPS) is 13.2. The van der Waals surface area contributed by atoms with Gasteiger partial charge in [-0.05, 0) is 81.6 Å². The van der Waals surface area contributed by atoms with Crippen molar-refractivity contribution in [3.8, 4) is 33.8 Å². The second kappa shape index (κ2) is 11.1. The van der Waals surface area contributed by atoms with E-state index in [-0.39, 0.29) is 0 Å². The molecule has 0 atom stereocenters. The largest absolute Gasteiger partial charge is 0.455 e. The van der Waals surface area contributed by atoms with E-state index >= 15 is 0 Å². The first-order chi connectivity index (χ1) is 24.3. The van der Waals surface area contributed by atoms with Crippen LogP contribution in [0.4, 0.5) is 0 Å². The Balaban J connectivity index is 1.14. The molecule has 1 aliphatic carbocycles. The summed E-state index contributed by atoms with van der Waals surface area (Å²) < 4.78 is 6.66. The average molecular weight is 627 g/mol. The van der Waals surface area contributed by atoms with Gasteiger partial charge in [0, 0.05) is 32.7 Å². The molecule has 2 heterocycles. The van der Waals surface area contributed by atoms with Crippen LogP contribution in [0.1, 0.15) is 18.4 Å². The first-order valence-electron chi connectivity index (χ1n) is 16.9. The fraction of sp³-hybridized carbons (Fsp3) is 0.0435. The zero-order valence-corrected chi connectivity index (χ0v) is 26.7.